The number of fused-ring (bicyclic) bond motifs is 1. The molecule has 12 nitrogen and oxygen atoms in total. The fourth-order valence-corrected chi connectivity index (χ4v) is 3.82. The number of hydrogen-bond acceptors (Lipinski definition) is 10. The third kappa shape index (κ3) is 5.59. The summed E-state index contributed by atoms with van der Waals surface area (Å²) in [5.74, 6) is 0.784. The molecule has 12 heteroatoms. The van der Waals surface area contributed by atoms with E-state index < -0.39 is 17.9 Å². The number of H-pyrrole nitrogens is 1. The second-order valence-corrected chi connectivity index (χ2v) is 7.91. The number of hydrazone groups is 1. The topological polar surface area (TPSA) is 143 Å². The van der Waals surface area contributed by atoms with Crippen LogP contribution in [0.5, 0.6) is 34.5 Å². The number of carbonyl (C=O) groups excluding carboxylic acids is 1. The largest absolute Gasteiger partial charge is 0.496 e. The molecule has 0 fully saturated rings. The quantitative estimate of drug-likeness (QED) is 0.217. The SMILES string of the molecule is COc1cc(OC)c2c(=O)c(OCC(=O)NN=Cc3ccc[nH]3)c(-c3cc(OC)c(OC)c(OC)c3)oc2c1. The number of aromatic nitrogens is 1. The summed E-state index contributed by atoms with van der Waals surface area (Å²) < 4.78 is 39.0. The number of carbonyl (C=O) groups is 1. The summed E-state index contributed by atoms with van der Waals surface area (Å²) in [5.41, 5.74) is 3.02. The van der Waals surface area contributed by atoms with Crippen LogP contribution in [0.15, 0.2) is 56.9 Å². The molecule has 2 heterocycles. The zero-order chi connectivity index (χ0) is 27.9. The predicted molar refractivity (Wildman–Crippen MR) is 143 cm³/mol. The van der Waals surface area contributed by atoms with Crippen LogP contribution >= 0.6 is 0 Å². The van der Waals surface area contributed by atoms with Gasteiger partial charge in [-0.2, -0.15) is 5.10 Å². The van der Waals surface area contributed by atoms with Gasteiger partial charge in [0.2, 0.25) is 16.9 Å². The number of methoxy groups -OCH3 is 5. The maximum Gasteiger partial charge on any atom is 0.277 e. The number of amides is 1. The molecule has 0 saturated heterocycles. The van der Waals surface area contributed by atoms with Crippen LogP contribution in [0.25, 0.3) is 22.3 Å². The summed E-state index contributed by atoms with van der Waals surface area (Å²) >= 11 is 0. The van der Waals surface area contributed by atoms with E-state index in [-0.39, 0.29) is 28.2 Å². The van der Waals surface area contributed by atoms with Crippen molar-refractivity contribution in [3.8, 4) is 45.8 Å². The number of nitrogens with one attached hydrogen (secondary N) is 2. The van der Waals surface area contributed by atoms with Gasteiger partial charge in [-0.1, -0.05) is 0 Å². The van der Waals surface area contributed by atoms with Crippen LogP contribution in [-0.2, 0) is 4.79 Å². The van der Waals surface area contributed by atoms with Gasteiger partial charge in [0, 0.05) is 23.9 Å². The minimum Gasteiger partial charge on any atom is -0.496 e. The molecule has 1 amide bonds. The molecule has 0 spiro atoms. The molecule has 2 aromatic carbocycles. The van der Waals surface area contributed by atoms with E-state index in [1.165, 1.54) is 41.8 Å². The minimum absolute atomic E-state index is 0.0183. The van der Waals surface area contributed by atoms with Crippen molar-refractivity contribution in [2.24, 2.45) is 5.10 Å². The van der Waals surface area contributed by atoms with Crippen molar-refractivity contribution in [3.63, 3.8) is 0 Å². The monoisotopic (exact) mass is 537 g/mol. The zero-order valence-corrected chi connectivity index (χ0v) is 21.9. The van der Waals surface area contributed by atoms with Gasteiger partial charge >= 0.3 is 0 Å². The molecular formula is C27H27N3O9. The Balaban J connectivity index is 1.82. The molecule has 2 aromatic heterocycles. The van der Waals surface area contributed by atoms with E-state index in [1.807, 2.05) is 0 Å². The van der Waals surface area contributed by atoms with Gasteiger partial charge in [0.1, 0.15) is 22.5 Å². The second kappa shape index (κ2) is 11.9. The first-order valence-electron chi connectivity index (χ1n) is 11.5. The van der Waals surface area contributed by atoms with Crippen LogP contribution < -0.4 is 39.3 Å². The highest BCUT2D eigenvalue weighted by atomic mass is 16.5. The molecule has 0 aliphatic heterocycles. The molecular weight excluding hydrogens is 510 g/mol. The van der Waals surface area contributed by atoms with Crippen LogP contribution in [0.3, 0.4) is 0 Å². The Labute approximate surface area is 223 Å². The first-order chi connectivity index (χ1) is 18.9. The molecule has 0 aliphatic carbocycles. The highest BCUT2D eigenvalue weighted by Crippen LogP contribution is 2.44. The van der Waals surface area contributed by atoms with E-state index in [2.05, 4.69) is 15.5 Å². The van der Waals surface area contributed by atoms with Crippen molar-refractivity contribution in [1.82, 2.24) is 10.4 Å². The Hall–Kier alpha value is -5.13. The van der Waals surface area contributed by atoms with Gasteiger partial charge in [-0.05, 0) is 24.3 Å². The number of aromatic amines is 1. The molecule has 0 bridgehead atoms. The van der Waals surface area contributed by atoms with Gasteiger partial charge in [-0.3, -0.25) is 9.59 Å². The second-order valence-electron chi connectivity index (χ2n) is 7.91. The van der Waals surface area contributed by atoms with Gasteiger partial charge in [0.25, 0.3) is 5.91 Å². The van der Waals surface area contributed by atoms with E-state index in [4.69, 9.17) is 32.8 Å². The highest BCUT2D eigenvalue weighted by molar-refractivity contribution is 5.89. The number of rotatable bonds is 11. The average Bonchev–Trinajstić information content (AvgIpc) is 3.48. The molecule has 0 saturated carbocycles. The summed E-state index contributed by atoms with van der Waals surface area (Å²) in [7, 11) is 7.29. The standard InChI is InChI=1S/C27H27N3O9/c1-33-17-11-18(34-2)23-19(12-17)39-25(15-9-20(35-3)26(37-5)21(10-15)36-4)27(24(23)32)38-14-22(31)30-29-13-16-7-6-8-28-16/h6-13,28H,14H2,1-5H3,(H,30,31). The minimum atomic E-state index is -0.602. The normalized spacial score (nSPS) is 10.9. The summed E-state index contributed by atoms with van der Waals surface area (Å²) in [6, 6.07) is 9.85. The molecule has 2 N–H and O–H groups in total. The van der Waals surface area contributed by atoms with Crippen LogP contribution in [0, 0.1) is 0 Å². The fourth-order valence-electron chi connectivity index (χ4n) is 3.82. The summed E-state index contributed by atoms with van der Waals surface area (Å²) in [4.78, 5) is 29.2. The third-order valence-electron chi connectivity index (χ3n) is 5.64. The highest BCUT2D eigenvalue weighted by Gasteiger charge is 2.24. The number of nitrogens with zero attached hydrogens (tertiary/aromatic N) is 1. The summed E-state index contributed by atoms with van der Waals surface area (Å²) in [6.07, 6.45) is 3.15. The first-order valence-corrected chi connectivity index (χ1v) is 11.5. The van der Waals surface area contributed by atoms with E-state index in [1.54, 1.807) is 42.6 Å². The maximum atomic E-state index is 13.8. The lowest BCUT2D eigenvalue weighted by Crippen LogP contribution is -2.26. The molecule has 0 radical (unpaired) electrons. The van der Waals surface area contributed by atoms with Crippen LogP contribution in [0.1, 0.15) is 5.69 Å². The summed E-state index contributed by atoms with van der Waals surface area (Å²) in [6.45, 7) is -0.534. The van der Waals surface area contributed by atoms with Crippen molar-refractivity contribution in [3.05, 3.63) is 58.5 Å². The van der Waals surface area contributed by atoms with Crippen molar-refractivity contribution < 1.29 is 37.6 Å². The lowest BCUT2D eigenvalue weighted by atomic mass is 10.1. The van der Waals surface area contributed by atoms with Gasteiger partial charge in [0.15, 0.2) is 23.9 Å². The fraction of sp³-hybridized carbons (Fsp3) is 0.222. The zero-order valence-electron chi connectivity index (χ0n) is 21.9. The van der Waals surface area contributed by atoms with Crippen molar-refractivity contribution in [2.45, 2.75) is 0 Å². The number of hydrogen-bond donors (Lipinski definition) is 2. The predicted octanol–water partition coefficient (Wildman–Crippen LogP) is 3.36. The van der Waals surface area contributed by atoms with Crippen LogP contribution in [0.2, 0.25) is 0 Å². The number of benzene rings is 2. The number of ether oxygens (including phenoxy) is 6. The van der Waals surface area contributed by atoms with Gasteiger partial charge in [0.05, 0.1) is 47.5 Å². The van der Waals surface area contributed by atoms with Crippen LogP contribution in [-0.4, -0.2) is 59.3 Å². The lowest BCUT2D eigenvalue weighted by Gasteiger charge is -2.16. The molecule has 4 rings (SSSR count). The third-order valence-corrected chi connectivity index (χ3v) is 5.64. The molecule has 204 valence electrons. The van der Waals surface area contributed by atoms with Gasteiger partial charge in [-0.15, -0.1) is 0 Å². The molecule has 0 aliphatic rings. The van der Waals surface area contributed by atoms with Crippen molar-refractivity contribution >= 4 is 23.1 Å². The van der Waals surface area contributed by atoms with E-state index in [9.17, 15) is 9.59 Å². The van der Waals surface area contributed by atoms with E-state index in [0.29, 0.717) is 34.3 Å². The van der Waals surface area contributed by atoms with E-state index >= 15 is 0 Å². The Morgan fingerprint density at radius 3 is 2.26 bits per heavy atom. The first kappa shape index (κ1) is 26.9. The van der Waals surface area contributed by atoms with Crippen LogP contribution in [0.4, 0.5) is 0 Å². The molecule has 0 unspecified atom stereocenters. The molecule has 4 aromatic rings. The van der Waals surface area contributed by atoms with Gasteiger partial charge in [-0.25, -0.2) is 5.43 Å². The Kier molecular flexibility index (Phi) is 8.24. The maximum absolute atomic E-state index is 13.8. The Bertz CT molecular complexity index is 1530. The Morgan fingerprint density at radius 1 is 0.949 bits per heavy atom. The lowest BCUT2D eigenvalue weighted by molar-refractivity contribution is -0.123. The Morgan fingerprint density at radius 2 is 1.67 bits per heavy atom. The smallest absolute Gasteiger partial charge is 0.277 e. The molecule has 39 heavy (non-hydrogen) atoms. The van der Waals surface area contributed by atoms with E-state index in [0.717, 1.165) is 0 Å². The van der Waals surface area contributed by atoms with Gasteiger partial charge < -0.3 is 37.8 Å². The van der Waals surface area contributed by atoms with Crippen molar-refractivity contribution in [1.29, 1.82) is 0 Å². The average molecular weight is 538 g/mol. The molecule has 0 atom stereocenters. The van der Waals surface area contributed by atoms with Crippen molar-refractivity contribution in [2.75, 3.05) is 42.2 Å². The summed E-state index contributed by atoms with van der Waals surface area (Å²) in [5, 5.41) is 3.98.